The zero-order chi connectivity index (χ0) is 9.26. The molecule has 0 saturated heterocycles. The van der Waals surface area contributed by atoms with E-state index in [1.165, 1.54) is 16.5 Å². The van der Waals surface area contributed by atoms with Gasteiger partial charge in [-0.05, 0) is 18.5 Å². The number of para-hydroxylation sites is 1. The molecular formula is C10H13N3. The Labute approximate surface area is 77.2 Å². The molecule has 0 amide bonds. The van der Waals surface area contributed by atoms with Crippen LogP contribution in [0.25, 0.3) is 10.9 Å². The van der Waals surface area contributed by atoms with Crippen molar-refractivity contribution in [1.29, 1.82) is 0 Å². The minimum Gasteiger partial charge on any atom is -0.330 e. The first-order valence-corrected chi connectivity index (χ1v) is 4.42. The highest BCUT2D eigenvalue weighted by atomic mass is 15.2. The number of rotatable bonds is 2. The van der Waals surface area contributed by atoms with Gasteiger partial charge < -0.3 is 5.73 Å². The van der Waals surface area contributed by atoms with E-state index in [-0.39, 0.29) is 0 Å². The average molecular weight is 175 g/mol. The Morgan fingerprint density at radius 2 is 2.31 bits per heavy atom. The number of benzene rings is 1. The lowest BCUT2D eigenvalue weighted by Gasteiger charge is -2.02. The van der Waals surface area contributed by atoms with Gasteiger partial charge >= 0.3 is 0 Å². The quantitative estimate of drug-likeness (QED) is 0.742. The molecule has 0 saturated carbocycles. The first kappa shape index (κ1) is 8.26. The number of nitrogens with two attached hydrogens (primary N) is 1. The van der Waals surface area contributed by atoms with Crippen LogP contribution in [0.4, 0.5) is 0 Å². The molecule has 0 bridgehead atoms. The molecule has 3 heteroatoms. The van der Waals surface area contributed by atoms with Crippen molar-refractivity contribution in [2.45, 2.75) is 6.42 Å². The van der Waals surface area contributed by atoms with Crippen molar-refractivity contribution in [3.63, 3.8) is 0 Å². The maximum absolute atomic E-state index is 5.54. The van der Waals surface area contributed by atoms with Gasteiger partial charge in [-0.15, -0.1) is 0 Å². The molecule has 1 aromatic heterocycles. The van der Waals surface area contributed by atoms with Gasteiger partial charge in [-0.2, -0.15) is 5.10 Å². The molecule has 3 nitrogen and oxygen atoms in total. The van der Waals surface area contributed by atoms with E-state index < -0.39 is 0 Å². The van der Waals surface area contributed by atoms with Gasteiger partial charge in [0, 0.05) is 12.4 Å². The van der Waals surface area contributed by atoms with E-state index in [9.17, 15) is 0 Å². The van der Waals surface area contributed by atoms with Crippen LogP contribution in [0.3, 0.4) is 0 Å². The zero-order valence-corrected chi connectivity index (χ0v) is 7.70. The SMILES string of the molecule is Cn1ncc2cccc(CCN)c21. The Hall–Kier alpha value is -1.35. The lowest BCUT2D eigenvalue weighted by Crippen LogP contribution is -2.04. The normalized spacial score (nSPS) is 10.9. The topological polar surface area (TPSA) is 43.8 Å². The Morgan fingerprint density at radius 1 is 1.46 bits per heavy atom. The van der Waals surface area contributed by atoms with Crippen LogP contribution in [0.15, 0.2) is 24.4 Å². The molecule has 1 aromatic carbocycles. The van der Waals surface area contributed by atoms with E-state index in [0.29, 0.717) is 6.54 Å². The number of nitrogens with zero attached hydrogens (tertiary/aromatic N) is 2. The maximum atomic E-state index is 5.54. The number of fused-ring (bicyclic) bond motifs is 1. The van der Waals surface area contributed by atoms with Crippen LogP contribution in [0, 0.1) is 0 Å². The molecular weight excluding hydrogens is 162 g/mol. The second kappa shape index (κ2) is 3.18. The largest absolute Gasteiger partial charge is 0.330 e. The van der Waals surface area contributed by atoms with Gasteiger partial charge in [-0.25, -0.2) is 0 Å². The van der Waals surface area contributed by atoms with Gasteiger partial charge in [0.05, 0.1) is 11.7 Å². The minimum atomic E-state index is 0.685. The molecule has 0 radical (unpaired) electrons. The minimum absolute atomic E-state index is 0.685. The molecule has 13 heavy (non-hydrogen) atoms. The van der Waals surface area contributed by atoms with Crippen molar-refractivity contribution >= 4 is 10.9 Å². The number of hydrogen-bond acceptors (Lipinski definition) is 2. The molecule has 0 aliphatic carbocycles. The third kappa shape index (κ3) is 1.31. The van der Waals surface area contributed by atoms with Crippen molar-refractivity contribution in [3.05, 3.63) is 30.0 Å². The summed E-state index contributed by atoms with van der Waals surface area (Å²) in [4.78, 5) is 0. The molecule has 0 aliphatic heterocycles. The Morgan fingerprint density at radius 3 is 3.08 bits per heavy atom. The first-order chi connectivity index (χ1) is 6.33. The summed E-state index contributed by atoms with van der Waals surface area (Å²) in [6.45, 7) is 0.685. The van der Waals surface area contributed by atoms with Crippen molar-refractivity contribution in [1.82, 2.24) is 9.78 Å². The van der Waals surface area contributed by atoms with Crippen molar-refractivity contribution < 1.29 is 0 Å². The van der Waals surface area contributed by atoms with E-state index >= 15 is 0 Å². The fourth-order valence-corrected chi connectivity index (χ4v) is 1.67. The predicted molar refractivity (Wildman–Crippen MR) is 53.5 cm³/mol. The molecule has 2 aromatic rings. The highest BCUT2D eigenvalue weighted by molar-refractivity contribution is 5.81. The van der Waals surface area contributed by atoms with Crippen LogP contribution in [-0.4, -0.2) is 16.3 Å². The standard InChI is InChI=1S/C10H13N3/c1-13-10-8(5-6-11)3-2-4-9(10)7-12-13/h2-4,7H,5-6,11H2,1H3. The van der Waals surface area contributed by atoms with Crippen molar-refractivity contribution in [2.75, 3.05) is 6.54 Å². The molecule has 0 spiro atoms. The highest BCUT2D eigenvalue weighted by Gasteiger charge is 2.03. The van der Waals surface area contributed by atoms with Crippen LogP contribution < -0.4 is 5.73 Å². The fourth-order valence-electron chi connectivity index (χ4n) is 1.67. The summed E-state index contributed by atoms with van der Waals surface area (Å²) in [5, 5.41) is 5.40. The van der Waals surface area contributed by atoms with Gasteiger partial charge in [0.15, 0.2) is 0 Å². The van der Waals surface area contributed by atoms with Crippen LogP contribution in [0.2, 0.25) is 0 Å². The van der Waals surface area contributed by atoms with Crippen LogP contribution in [-0.2, 0) is 13.5 Å². The zero-order valence-electron chi connectivity index (χ0n) is 7.70. The van der Waals surface area contributed by atoms with Gasteiger partial charge in [-0.1, -0.05) is 18.2 Å². The Bertz CT molecular complexity index is 417. The Balaban J connectivity index is 2.65. The van der Waals surface area contributed by atoms with Gasteiger partial charge in [0.1, 0.15) is 0 Å². The maximum Gasteiger partial charge on any atom is 0.0711 e. The third-order valence-corrected chi connectivity index (χ3v) is 2.26. The Kier molecular flexibility index (Phi) is 2.02. The highest BCUT2D eigenvalue weighted by Crippen LogP contribution is 2.17. The van der Waals surface area contributed by atoms with Crippen LogP contribution in [0.5, 0.6) is 0 Å². The molecule has 0 fully saturated rings. The molecule has 68 valence electrons. The van der Waals surface area contributed by atoms with Gasteiger partial charge in [-0.3, -0.25) is 4.68 Å². The van der Waals surface area contributed by atoms with E-state index in [1.54, 1.807) is 0 Å². The first-order valence-electron chi connectivity index (χ1n) is 4.42. The van der Waals surface area contributed by atoms with Crippen molar-refractivity contribution in [2.24, 2.45) is 12.8 Å². The number of aryl methyl sites for hydroxylation is 1. The molecule has 1 heterocycles. The van der Waals surface area contributed by atoms with Crippen molar-refractivity contribution in [3.8, 4) is 0 Å². The van der Waals surface area contributed by atoms with Gasteiger partial charge in [0.25, 0.3) is 0 Å². The number of aromatic nitrogens is 2. The molecule has 0 aliphatic rings. The lowest BCUT2D eigenvalue weighted by molar-refractivity contribution is 0.790. The smallest absolute Gasteiger partial charge is 0.0711 e. The lowest BCUT2D eigenvalue weighted by atomic mass is 10.1. The molecule has 0 unspecified atom stereocenters. The summed E-state index contributed by atoms with van der Waals surface area (Å²) in [6.07, 6.45) is 2.80. The summed E-state index contributed by atoms with van der Waals surface area (Å²) in [7, 11) is 1.96. The summed E-state index contributed by atoms with van der Waals surface area (Å²) < 4.78 is 1.90. The second-order valence-electron chi connectivity index (χ2n) is 3.16. The third-order valence-electron chi connectivity index (χ3n) is 2.26. The predicted octanol–water partition coefficient (Wildman–Crippen LogP) is 1.07. The van der Waals surface area contributed by atoms with Crippen LogP contribution in [0.1, 0.15) is 5.56 Å². The average Bonchev–Trinajstić information content (AvgIpc) is 2.50. The van der Waals surface area contributed by atoms with Crippen LogP contribution >= 0.6 is 0 Å². The number of hydrogen-bond donors (Lipinski definition) is 1. The molecule has 0 atom stereocenters. The van der Waals surface area contributed by atoms with E-state index in [1.807, 2.05) is 17.9 Å². The summed E-state index contributed by atoms with van der Waals surface area (Å²) in [5.41, 5.74) is 8.02. The molecule has 2 rings (SSSR count). The second-order valence-corrected chi connectivity index (χ2v) is 3.16. The van der Waals surface area contributed by atoms with E-state index in [2.05, 4.69) is 23.3 Å². The van der Waals surface area contributed by atoms with E-state index in [4.69, 9.17) is 5.73 Å². The van der Waals surface area contributed by atoms with Gasteiger partial charge in [0.2, 0.25) is 0 Å². The molecule has 2 N–H and O–H groups in total. The monoisotopic (exact) mass is 175 g/mol. The van der Waals surface area contributed by atoms with E-state index in [0.717, 1.165) is 6.42 Å². The summed E-state index contributed by atoms with van der Waals surface area (Å²) >= 11 is 0. The summed E-state index contributed by atoms with van der Waals surface area (Å²) in [6, 6.07) is 6.23. The summed E-state index contributed by atoms with van der Waals surface area (Å²) in [5.74, 6) is 0. The fraction of sp³-hybridized carbons (Fsp3) is 0.300.